The fourth-order valence-electron chi connectivity index (χ4n) is 1.59. The Kier molecular flexibility index (Phi) is 4.31. The van der Waals surface area contributed by atoms with Gasteiger partial charge in [0.1, 0.15) is 0 Å². The Hall–Kier alpha value is -1.08. The zero-order chi connectivity index (χ0) is 12.2. The van der Waals surface area contributed by atoms with Crippen molar-refractivity contribution >= 4 is 0 Å². The fourth-order valence-corrected chi connectivity index (χ4v) is 1.59. The van der Waals surface area contributed by atoms with Crippen LogP contribution < -0.4 is 0 Å². The second-order valence-corrected chi connectivity index (χ2v) is 5.18. The Morgan fingerprint density at radius 3 is 2.44 bits per heavy atom. The molecule has 0 radical (unpaired) electrons. The van der Waals surface area contributed by atoms with Gasteiger partial charge >= 0.3 is 0 Å². The van der Waals surface area contributed by atoms with Gasteiger partial charge in [0, 0.05) is 0 Å². The molecule has 0 saturated carbocycles. The lowest BCUT2D eigenvalue weighted by atomic mass is 9.86. The maximum absolute atomic E-state index is 9.40. The first-order chi connectivity index (χ1) is 7.41. The molecule has 1 N–H and O–H groups in total. The van der Waals surface area contributed by atoms with Crippen molar-refractivity contribution in [1.29, 1.82) is 0 Å². The predicted octanol–water partition coefficient (Wildman–Crippen LogP) is 3.78. The fraction of sp³-hybridized carbons (Fsp3) is 0.467. The van der Waals surface area contributed by atoms with Crippen molar-refractivity contribution in [3.63, 3.8) is 0 Å². The summed E-state index contributed by atoms with van der Waals surface area (Å²) in [5, 5.41) is 9.40. The van der Waals surface area contributed by atoms with Gasteiger partial charge in [-0.05, 0) is 36.8 Å². The standard InChI is InChI=1S/C15H22O/c1-12(13(2)16)9-10-15(3,4)11-14-7-5-6-8-14/h5-9,11,13,16H,10H2,1-4H3/b12-9+. The van der Waals surface area contributed by atoms with Crippen molar-refractivity contribution in [2.75, 3.05) is 0 Å². The molecule has 0 fully saturated rings. The van der Waals surface area contributed by atoms with Crippen LogP contribution >= 0.6 is 0 Å². The zero-order valence-corrected chi connectivity index (χ0v) is 10.7. The maximum atomic E-state index is 9.40. The smallest absolute Gasteiger partial charge is 0.0719 e. The van der Waals surface area contributed by atoms with Crippen LogP contribution in [0.5, 0.6) is 0 Å². The highest BCUT2D eigenvalue weighted by Crippen LogP contribution is 2.27. The first-order valence-electron chi connectivity index (χ1n) is 5.83. The molecule has 1 rings (SSSR count). The Balaban J connectivity index is 2.65. The minimum atomic E-state index is -0.338. The van der Waals surface area contributed by atoms with Gasteiger partial charge in [-0.25, -0.2) is 0 Å². The first kappa shape index (κ1) is 13.0. The summed E-state index contributed by atoms with van der Waals surface area (Å²) in [5.41, 5.74) is 2.45. The van der Waals surface area contributed by atoms with Crippen molar-refractivity contribution in [2.45, 2.75) is 40.2 Å². The van der Waals surface area contributed by atoms with E-state index < -0.39 is 0 Å². The summed E-state index contributed by atoms with van der Waals surface area (Å²) in [4.78, 5) is 0. The van der Waals surface area contributed by atoms with Crippen molar-refractivity contribution in [2.24, 2.45) is 5.41 Å². The van der Waals surface area contributed by atoms with E-state index in [2.05, 4.69) is 50.3 Å². The topological polar surface area (TPSA) is 20.2 Å². The molecule has 1 aliphatic carbocycles. The van der Waals surface area contributed by atoms with E-state index in [-0.39, 0.29) is 11.5 Å². The average molecular weight is 218 g/mol. The van der Waals surface area contributed by atoms with Crippen LogP contribution in [0.3, 0.4) is 0 Å². The molecule has 1 heteroatoms. The Bertz CT molecular complexity index is 338. The summed E-state index contributed by atoms with van der Waals surface area (Å²) in [6.07, 6.45) is 13.4. The van der Waals surface area contributed by atoms with Crippen LogP contribution in [0, 0.1) is 5.41 Å². The highest BCUT2D eigenvalue weighted by Gasteiger charge is 2.14. The van der Waals surface area contributed by atoms with Crippen molar-refractivity contribution in [3.8, 4) is 0 Å². The van der Waals surface area contributed by atoms with E-state index in [1.165, 1.54) is 5.57 Å². The predicted molar refractivity (Wildman–Crippen MR) is 70.2 cm³/mol. The molecule has 0 aromatic heterocycles. The van der Waals surface area contributed by atoms with E-state index >= 15 is 0 Å². The molecule has 0 bridgehead atoms. The van der Waals surface area contributed by atoms with E-state index in [0.29, 0.717) is 0 Å². The zero-order valence-electron chi connectivity index (χ0n) is 10.7. The number of aliphatic hydroxyl groups is 1. The molecule has 1 nitrogen and oxygen atoms in total. The van der Waals surface area contributed by atoms with Crippen LogP contribution in [0.1, 0.15) is 34.1 Å². The number of aliphatic hydroxyl groups excluding tert-OH is 1. The van der Waals surface area contributed by atoms with Gasteiger partial charge in [-0.15, -0.1) is 0 Å². The minimum absolute atomic E-state index is 0.129. The second kappa shape index (κ2) is 5.31. The highest BCUT2D eigenvalue weighted by molar-refractivity contribution is 5.40. The number of rotatable bonds is 4. The molecule has 0 aliphatic heterocycles. The molecule has 1 aliphatic rings. The third-order valence-electron chi connectivity index (χ3n) is 2.85. The second-order valence-electron chi connectivity index (χ2n) is 5.18. The Labute approximate surface area is 98.9 Å². The van der Waals surface area contributed by atoms with Gasteiger partial charge in [0.2, 0.25) is 0 Å². The molecule has 1 atom stereocenters. The molecule has 88 valence electrons. The number of hydrogen-bond donors (Lipinski definition) is 1. The van der Waals surface area contributed by atoms with Crippen LogP contribution in [-0.2, 0) is 0 Å². The van der Waals surface area contributed by atoms with E-state index in [0.717, 1.165) is 12.0 Å². The van der Waals surface area contributed by atoms with Crippen LogP contribution in [0.4, 0.5) is 0 Å². The van der Waals surface area contributed by atoms with E-state index in [1.807, 2.05) is 6.92 Å². The monoisotopic (exact) mass is 218 g/mol. The van der Waals surface area contributed by atoms with Gasteiger partial charge in [-0.2, -0.15) is 0 Å². The quantitative estimate of drug-likeness (QED) is 0.712. The number of hydrogen-bond acceptors (Lipinski definition) is 1. The van der Waals surface area contributed by atoms with Crippen molar-refractivity contribution < 1.29 is 5.11 Å². The van der Waals surface area contributed by atoms with Crippen LogP contribution in [0.2, 0.25) is 0 Å². The Morgan fingerprint density at radius 2 is 1.94 bits per heavy atom. The third-order valence-corrected chi connectivity index (χ3v) is 2.85. The van der Waals surface area contributed by atoms with Gasteiger partial charge in [-0.3, -0.25) is 0 Å². The molecule has 0 aromatic rings. The maximum Gasteiger partial charge on any atom is 0.0719 e. The summed E-state index contributed by atoms with van der Waals surface area (Å²) in [7, 11) is 0. The minimum Gasteiger partial charge on any atom is -0.389 e. The van der Waals surface area contributed by atoms with Crippen LogP contribution in [0.25, 0.3) is 0 Å². The average Bonchev–Trinajstić information content (AvgIpc) is 2.65. The molecule has 16 heavy (non-hydrogen) atoms. The number of allylic oxidation sites excluding steroid dienone is 7. The molecular weight excluding hydrogens is 196 g/mol. The molecule has 0 saturated heterocycles. The van der Waals surface area contributed by atoms with Gasteiger partial charge in [0.05, 0.1) is 6.10 Å². The molecule has 0 spiro atoms. The Morgan fingerprint density at radius 1 is 1.38 bits per heavy atom. The summed E-state index contributed by atoms with van der Waals surface area (Å²) >= 11 is 0. The van der Waals surface area contributed by atoms with Crippen molar-refractivity contribution in [3.05, 3.63) is 47.6 Å². The van der Waals surface area contributed by atoms with Gasteiger partial charge < -0.3 is 5.11 Å². The largest absolute Gasteiger partial charge is 0.389 e. The van der Waals surface area contributed by atoms with E-state index in [9.17, 15) is 5.11 Å². The lowest BCUT2D eigenvalue weighted by Crippen LogP contribution is -2.08. The summed E-state index contributed by atoms with van der Waals surface area (Å²) in [6, 6.07) is 0. The summed E-state index contributed by atoms with van der Waals surface area (Å²) in [6.45, 7) is 8.21. The SMILES string of the molecule is C/C(=C\CC(C)(C)C=C1C=CC=C1)C(C)O. The van der Waals surface area contributed by atoms with Gasteiger partial charge in [-0.1, -0.05) is 50.3 Å². The lowest BCUT2D eigenvalue weighted by Gasteiger charge is -2.19. The third kappa shape index (κ3) is 4.19. The molecule has 0 amide bonds. The van der Waals surface area contributed by atoms with E-state index in [4.69, 9.17) is 0 Å². The van der Waals surface area contributed by atoms with Crippen LogP contribution in [0.15, 0.2) is 47.6 Å². The molecular formula is C15H22O. The normalized spacial score (nSPS) is 18.1. The summed E-state index contributed by atoms with van der Waals surface area (Å²) < 4.78 is 0. The molecule has 1 unspecified atom stereocenters. The van der Waals surface area contributed by atoms with E-state index in [1.54, 1.807) is 6.92 Å². The van der Waals surface area contributed by atoms with Gasteiger partial charge in [0.15, 0.2) is 0 Å². The van der Waals surface area contributed by atoms with Crippen LogP contribution in [-0.4, -0.2) is 11.2 Å². The summed E-state index contributed by atoms with van der Waals surface area (Å²) in [5.74, 6) is 0. The highest BCUT2D eigenvalue weighted by atomic mass is 16.3. The molecule has 0 heterocycles. The first-order valence-corrected chi connectivity index (χ1v) is 5.83. The molecule has 0 aromatic carbocycles. The lowest BCUT2D eigenvalue weighted by molar-refractivity contribution is 0.230. The van der Waals surface area contributed by atoms with Crippen molar-refractivity contribution in [1.82, 2.24) is 0 Å². The van der Waals surface area contributed by atoms with Gasteiger partial charge in [0.25, 0.3) is 0 Å².